The van der Waals surface area contributed by atoms with Crippen LogP contribution in [0.25, 0.3) is 10.4 Å². The van der Waals surface area contributed by atoms with Gasteiger partial charge in [0.15, 0.2) is 0 Å². The molecule has 104 valence electrons. The average molecular weight is 296 g/mol. The van der Waals surface area contributed by atoms with Gasteiger partial charge in [0, 0.05) is 11.4 Å². The van der Waals surface area contributed by atoms with E-state index >= 15 is 0 Å². The number of carbonyl (C=O) groups is 1. The first kappa shape index (κ1) is 13.3. The van der Waals surface area contributed by atoms with E-state index in [2.05, 4.69) is 20.2 Å². The van der Waals surface area contributed by atoms with Crippen molar-refractivity contribution in [1.82, 2.24) is 9.59 Å². The monoisotopic (exact) mass is 296 g/mol. The van der Waals surface area contributed by atoms with Gasteiger partial charge in [-0.3, -0.25) is 0 Å². The van der Waals surface area contributed by atoms with Crippen LogP contribution in [-0.4, -0.2) is 15.6 Å². The second kappa shape index (κ2) is 6.15. The third-order valence-corrected chi connectivity index (χ3v) is 3.53. The van der Waals surface area contributed by atoms with Crippen LogP contribution in [0, 0.1) is 0 Å². The van der Waals surface area contributed by atoms with Crippen LogP contribution in [0.15, 0.2) is 60.8 Å². The highest BCUT2D eigenvalue weighted by atomic mass is 32.1. The molecule has 0 unspecified atom stereocenters. The average Bonchev–Trinajstić information content (AvgIpc) is 3.03. The van der Waals surface area contributed by atoms with Crippen molar-refractivity contribution >= 4 is 28.9 Å². The highest BCUT2D eigenvalue weighted by Gasteiger charge is 2.04. The third kappa shape index (κ3) is 3.43. The smallest absolute Gasteiger partial charge is 0.308 e. The van der Waals surface area contributed by atoms with Crippen molar-refractivity contribution in [2.75, 3.05) is 10.6 Å². The predicted octanol–water partition coefficient (Wildman–Crippen LogP) is 3.85. The predicted molar refractivity (Wildman–Crippen MR) is 84.4 cm³/mol. The summed E-state index contributed by atoms with van der Waals surface area (Å²) in [6.07, 6.45) is 1.72. The van der Waals surface area contributed by atoms with Gasteiger partial charge in [-0.05, 0) is 41.4 Å². The number of amides is 2. The summed E-state index contributed by atoms with van der Waals surface area (Å²) in [5.41, 5.74) is 2.51. The minimum Gasteiger partial charge on any atom is -0.308 e. The molecular weight excluding hydrogens is 284 g/mol. The van der Waals surface area contributed by atoms with E-state index in [4.69, 9.17) is 0 Å². The molecule has 5 nitrogen and oxygen atoms in total. The molecule has 0 aliphatic rings. The SMILES string of the molecule is O=C(Nc1ccccc1)Nc1ccc(-c2cnns2)cc1. The Hall–Kier alpha value is -2.73. The van der Waals surface area contributed by atoms with Crippen molar-refractivity contribution in [3.63, 3.8) is 0 Å². The molecule has 21 heavy (non-hydrogen) atoms. The molecule has 2 N–H and O–H groups in total. The largest absolute Gasteiger partial charge is 0.323 e. The van der Waals surface area contributed by atoms with Crippen molar-refractivity contribution in [2.24, 2.45) is 0 Å². The summed E-state index contributed by atoms with van der Waals surface area (Å²) >= 11 is 1.34. The molecule has 0 radical (unpaired) electrons. The van der Waals surface area contributed by atoms with Crippen molar-refractivity contribution in [3.8, 4) is 10.4 Å². The zero-order valence-corrected chi connectivity index (χ0v) is 11.8. The van der Waals surface area contributed by atoms with Crippen molar-refractivity contribution in [3.05, 3.63) is 60.8 Å². The molecule has 0 fully saturated rings. The maximum atomic E-state index is 11.9. The van der Waals surface area contributed by atoms with Crippen LogP contribution in [0.2, 0.25) is 0 Å². The summed E-state index contributed by atoms with van der Waals surface area (Å²) in [6, 6.07) is 16.6. The topological polar surface area (TPSA) is 66.9 Å². The molecule has 0 atom stereocenters. The summed E-state index contributed by atoms with van der Waals surface area (Å²) in [5.74, 6) is 0. The first-order valence-corrected chi connectivity index (χ1v) is 7.09. The third-order valence-electron chi connectivity index (χ3n) is 2.82. The lowest BCUT2D eigenvalue weighted by Gasteiger charge is -2.07. The number of aromatic nitrogens is 2. The number of hydrogen-bond donors (Lipinski definition) is 2. The van der Waals surface area contributed by atoms with Crippen LogP contribution < -0.4 is 10.6 Å². The Balaban J connectivity index is 1.64. The summed E-state index contributed by atoms with van der Waals surface area (Å²) in [4.78, 5) is 12.9. The minimum absolute atomic E-state index is 0.270. The number of urea groups is 1. The Bertz CT molecular complexity index is 711. The van der Waals surface area contributed by atoms with Gasteiger partial charge in [-0.2, -0.15) is 0 Å². The molecule has 2 amide bonds. The van der Waals surface area contributed by atoms with Crippen molar-refractivity contribution in [1.29, 1.82) is 0 Å². The summed E-state index contributed by atoms with van der Waals surface area (Å²) in [5, 5.41) is 9.35. The quantitative estimate of drug-likeness (QED) is 0.771. The first-order valence-electron chi connectivity index (χ1n) is 6.32. The van der Waals surface area contributed by atoms with Gasteiger partial charge in [-0.1, -0.05) is 34.8 Å². The molecule has 0 saturated heterocycles. The lowest BCUT2D eigenvalue weighted by molar-refractivity contribution is 0.262. The minimum atomic E-state index is -0.270. The van der Waals surface area contributed by atoms with Gasteiger partial charge in [0.2, 0.25) is 0 Å². The van der Waals surface area contributed by atoms with E-state index in [1.54, 1.807) is 6.20 Å². The molecule has 3 aromatic rings. The lowest BCUT2D eigenvalue weighted by Crippen LogP contribution is -2.19. The van der Waals surface area contributed by atoms with Crippen LogP contribution >= 0.6 is 11.5 Å². The van der Waals surface area contributed by atoms with Gasteiger partial charge in [-0.15, -0.1) is 5.10 Å². The first-order chi connectivity index (χ1) is 10.3. The second-order valence-electron chi connectivity index (χ2n) is 4.30. The molecule has 2 aromatic carbocycles. The number of para-hydroxylation sites is 1. The fraction of sp³-hybridized carbons (Fsp3) is 0. The van der Waals surface area contributed by atoms with Gasteiger partial charge in [0.05, 0.1) is 11.1 Å². The highest BCUT2D eigenvalue weighted by molar-refractivity contribution is 7.09. The van der Waals surface area contributed by atoms with E-state index in [-0.39, 0.29) is 6.03 Å². The molecule has 0 spiro atoms. The molecule has 0 aliphatic carbocycles. The standard InChI is InChI=1S/C15H12N4OS/c20-15(17-12-4-2-1-3-5-12)18-13-8-6-11(7-9-13)14-10-16-19-21-14/h1-10H,(H2,17,18,20). The van der Waals surface area contributed by atoms with Gasteiger partial charge in [-0.25, -0.2) is 4.79 Å². The summed E-state index contributed by atoms with van der Waals surface area (Å²) in [6.45, 7) is 0. The highest BCUT2D eigenvalue weighted by Crippen LogP contribution is 2.23. The van der Waals surface area contributed by atoms with Crippen molar-refractivity contribution < 1.29 is 4.79 Å². The number of benzene rings is 2. The van der Waals surface area contributed by atoms with E-state index in [1.165, 1.54) is 11.5 Å². The van der Waals surface area contributed by atoms with Crippen LogP contribution in [0.5, 0.6) is 0 Å². The van der Waals surface area contributed by atoms with E-state index in [0.717, 1.165) is 21.8 Å². The Labute approximate surface area is 125 Å². The van der Waals surface area contributed by atoms with Crippen LogP contribution in [0.4, 0.5) is 16.2 Å². The van der Waals surface area contributed by atoms with Crippen LogP contribution in [-0.2, 0) is 0 Å². The van der Waals surface area contributed by atoms with Crippen LogP contribution in [0.1, 0.15) is 0 Å². The molecule has 1 heterocycles. The number of nitrogens with one attached hydrogen (secondary N) is 2. The molecular formula is C15H12N4OS. The zero-order chi connectivity index (χ0) is 14.5. The summed E-state index contributed by atoms with van der Waals surface area (Å²) < 4.78 is 3.83. The molecule has 3 rings (SSSR count). The fourth-order valence-corrected chi connectivity index (χ4v) is 2.35. The van der Waals surface area contributed by atoms with Crippen molar-refractivity contribution in [2.45, 2.75) is 0 Å². The maximum Gasteiger partial charge on any atom is 0.323 e. The van der Waals surface area contributed by atoms with Crippen LogP contribution in [0.3, 0.4) is 0 Å². The van der Waals surface area contributed by atoms with E-state index in [0.29, 0.717) is 0 Å². The normalized spacial score (nSPS) is 10.1. The molecule has 0 bridgehead atoms. The number of rotatable bonds is 3. The zero-order valence-electron chi connectivity index (χ0n) is 11.0. The molecule has 0 saturated carbocycles. The molecule has 6 heteroatoms. The second-order valence-corrected chi connectivity index (χ2v) is 5.09. The lowest BCUT2D eigenvalue weighted by atomic mass is 10.2. The van der Waals surface area contributed by atoms with Gasteiger partial charge < -0.3 is 10.6 Å². The number of nitrogens with zero attached hydrogens (tertiary/aromatic N) is 2. The Kier molecular flexibility index (Phi) is 3.88. The van der Waals surface area contributed by atoms with E-state index < -0.39 is 0 Å². The number of anilines is 2. The Morgan fingerprint density at radius 2 is 1.57 bits per heavy atom. The van der Waals surface area contributed by atoms with E-state index in [9.17, 15) is 4.79 Å². The Morgan fingerprint density at radius 3 is 2.19 bits per heavy atom. The maximum absolute atomic E-state index is 11.9. The van der Waals surface area contributed by atoms with Gasteiger partial charge in [0.1, 0.15) is 0 Å². The van der Waals surface area contributed by atoms with Gasteiger partial charge >= 0.3 is 6.03 Å². The molecule has 1 aromatic heterocycles. The molecule has 0 aliphatic heterocycles. The number of hydrogen-bond acceptors (Lipinski definition) is 4. The Morgan fingerprint density at radius 1 is 0.905 bits per heavy atom. The van der Waals surface area contributed by atoms with Gasteiger partial charge in [0.25, 0.3) is 0 Å². The van der Waals surface area contributed by atoms with E-state index in [1.807, 2.05) is 54.6 Å². The summed E-state index contributed by atoms with van der Waals surface area (Å²) in [7, 11) is 0. The fourth-order valence-electron chi connectivity index (χ4n) is 1.83. The number of carbonyl (C=O) groups excluding carboxylic acids is 1.